The molecule has 0 aromatic carbocycles. The predicted octanol–water partition coefficient (Wildman–Crippen LogP) is 0.806. The SMILES string of the molecule is Cc1nc(Cc2noc(C(N)C(C)O)n2)cs1. The third-order valence-corrected chi connectivity index (χ3v) is 3.12. The number of nitrogens with zero attached hydrogens (tertiary/aromatic N) is 3. The molecule has 2 rings (SSSR count). The first-order chi connectivity index (χ1) is 8.06. The van der Waals surface area contributed by atoms with Crippen LogP contribution in [0.25, 0.3) is 0 Å². The van der Waals surface area contributed by atoms with Crippen LogP contribution in [0.4, 0.5) is 0 Å². The second kappa shape index (κ2) is 4.91. The van der Waals surface area contributed by atoms with Crippen molar-refractivity contribution in [2.45, 2.75) is 32.4 Å². The highest BCUT2D eigenvalue weighted by molar-refractivity contribution is 7.09. The van der Waals surface area contributed by atoms with Crippen LogP contribution >= 0.6 is 11.3 Å². The molecule has 2 aromatic heterocycles. The monoisotopic (exact) mass is 254 g/mol. The third kappa shape index (κ3) is 2.87. The predicted molar refractivity (Wildman–Crippen MR) is 62.6 cm³/mol. The molecule has 2 unspecified atom stereocenters. The first kappa shape index (κ1) is 12.2. The van der Waals surface area contributed by atoms with Crippen molar-refractivity contribution in [1.29, 1.82) is 0 Å². The zero-order valence-electron chi connectivity index (χ0n) is 9.62. The van der Waals surface area contributed by atoms with Crippen LogP contribution in [0.5, 0.6) is 0 Å². The summed E-state index contributed by atoms with van der Waals surface area (Å²) in [6, 6.07) is -0.645. The number of hydrogen-bond acceptors (Lipinski definition) is 7. The molecular weight excluding hydrogens is 240 g/mol. The first-order valence-electron chi connectivity index (χ1n) is 5.23. The van der Waals surface area contributed by atoms with Crippen molar-refractivity contribution >= 4 is 11.3 Å². The molecule has 0 spiro atoms. The van der Waals surface area contributed by atoms with E-state index in [1.165, 1.54) is 0 Å². The Kier molecular flexibility index (Phi) is 3.51. The molecule has 0 amide bonds. The smallest absolute Gasteiger partial charge is 0.246 e. The summed E-state index contributed by atoms with van der Waals surface area (Å²) in [6.07, 6.45) is -0.204. The Balaban J connectivity index is 2.08. The third-order valence-electron chi connectivity index (χ3n) is 2.29. The second-order valence-corrected chi connectivity index (χ2v) is 4.91. The van der Waals surface area contributed by atoms with Gasteiger partial charge in [-0.3, -0.25) is 0 Å². The van der Waals surface area contributed by atoms with Crippen LogP contribution in [-0.4, -0.2) is 26.3 Å². The Labute approximate surface area is 102 Å². The van der Waals surface area contributed by atoms with Gasteiger partial charge in [0.1, 0.15) is 6.04 Å². The fourth-order valence-corrected chi connectivity index (χ4v) is 1.95. The van der Waals surface area contributed by atoms with E-state index in [0.29, 0.717) is 12.2 Å². The normalized spacial score (nSPS) is 14.8. The molecule has 0 saturated carbocycles. The molecule has 0 saturated heterocycles. The zero-order chi connectivity index (χ0) is 12.4. The van der Waals surface area contributed by atoms with Crippen LogP contribution in [0, 0.1) is 6.92 Å². The highest BCUT2D eigenvalue weighted by atomic mass is 32.1. The van der Waals surface area contributed by atoms with Gasteiger partial charge in [0.15, 0.2) is 5.82 Å². The molecule has 6 nitrogen and oxygen atoms in total. The number of hydrogen-bond donors (Lipinski definition) is 2. The highest BCUT2D eigenvalue weighted by Crippen LogP contribution is 2.15. The number of aliphatic hydroxyl groups is 1. The Bertz CT molecular complexity index is 494. The van der Waals surface area contributed by atoms with Gasteiger partial charge in [-0.15, -0.1) is 11.3 Å². The molecule has 0 fully saturated rings. The van der Waals surface area contributed by atoms with E-state index in [-0.39, 0.29) is 5.89 Å². The maximum atomic E-state index is 9.31. The number of thiazole rings is 1. The van der Waals surface area contributed by atoms with E-state index in [0.717, 1.165) is 10.7 Å². The van der Waals surface area contributed by atoms with Crippen molar-refractivity contribution < 1.29 is 9.63 Å². The van der Waals surface area contributed by atoms with Crippen LogP contribution in [0.2, 0.25) is 0 Å². The molecule has 2 heterocycles. The standard InChI is InChI=1S/C10H14N4O2S/c1-5(15)9(11)10-13-8(14-16-10)3-7-4-17-6(2)12-7/h4-5,9,15H,3,11H2,1-2H3. The van der Waals surface area contributed by atoms with E-state index in [1.807, 2.05) is 12.3 Å². The van der Waals surface area contributed by atoms with Gasteiger partial charge in [-0.05, 0) is 13.8 Å². The van der Waals surface area contributed by atoms with E-state index in [2.05, 4.69) is 15.1 Å². The van der Waals surface area contributed by atoms with Gasteiger partial charge in [-0.1, -0.05) is 5.16 Å². The van der Waals surface area contributed by atoms with Crippen molar-refractivity contribution in [3.05, 3.63) is 27.8 Å². The van der Waals surface area contributed by atoms with Crippen LogP contribution in [-0.2, 0) is 6.42 Å². The molecule has 7 heteroatoms. The molecule has 2 atom stereocenters. The van der Waals surface area contributed by atoms with E-state index >= 15 is 0 Å². The minimum absolute atomic E-state index is 0.252. The van der Waals surface area contributed by atoms with Crippen LogP contribution in [0.3, 0.4) is 0 Å². The Morgan fingerprint density at radius 1 is 1.53 bits per heavy atom. The summed E-state index contributed by atoms with van der Waals surface area (Å²) in [5, 5.41) is 16.1. The van der Waals surface area contributed by atoms with E-state index < -0.39 is 12.1 Å². The minimum atomic E-state index is -0.718. The lowest BCUT2D eigenvalue weighted by molar-refractivity contribution is 0.146. The fourth-order valence-electron chi connectivity index (χ4n) is 1.33. The molecule has 92 valence electrons. The molecule has 0 aliphatic rings. The summed E-state index contributed by atoms with van der Waals surface area (Å²) in [7, 11) is 0. The largest absolute Gasteiger partial charge is 0.391 e. The molecule has 0 bridgehead atoms. The van der Waals surface area contributed by atoms with Crippen molar-refractivity contribution in [2.24, 2.45) is 5.73 Å². The Morgan fingerprint density at radius 2 is 2.29 bits per heavy atom. The zero-order valence-corrected chi connectivity index (χ0v) is 10.4. The second-order valence-electron chi connectivity index (χ2n) is 3.85. The van der Waals surface area contributed by atoms with Gasteiger partial charge in [-0.2, -0.15) is 4.98 Å². The van der Waals surface area contributed by atoms with Crippen LogP contribution in [0.15, 0.2) is 9.90 Å². The summed E-state index contributed by atoms with van der Waals surface area (Å²) in [6.45, 7) is 3.53. The van der Waals surface area contributed by atoms with E-state index in [1.54, 1.807) is 18.3 Å². The summed E-state index contributed by atoms with van der Waals surface area (Å²) >= 11 is 1.58. The molecular formula is C10H14N4O2S. The van der Waals surface area contributed by atoms with Crippen LogP contribution in [0.1, 0.15) is 35.4 Å². The van der Waals surface area contributed by atoms with Gasteiger partial charge in [0, 0.05) is 5.38 Å². The average molecular weight is 254 g/mol. The van der Waals surface area contributed by atoms with Crippen LogP contribution < -0.4 is 5.73 Å². The number of aryl methyl sites for hydroxylation is 1. The molecule has 3 N–H and O–H groups in total. The first-order valence-corrected chi connectivity index (χ1v) is 6.11. The van der Waals surface area contributed by atoms with Crippen molar-refractivity contribution in [2.75, 3.05) is 0 Å². The lowest BCUT2D eigenvalue weighted by atomic mass is 10.2. The molecule has 17 heavy (non-hydrogen) atoms. The lowest BCUT2D eigenvalue weighted by Crippen LogP contribution is -2.23. The van der Waals surface area contributed by atoms with Gasteiger partial charge < -0.3 is 15.4 Å². The number of aliphatic hydroxyl groups excluding tert-OH is 1. The summed E-state index contributed by atoms with van der Waals surface area (Å²) in [4.78, 5) is 8.45. The molecule has 0 aliphatic carbocycles. The Hall–Kier alpha value is -1.31. The lowest BCUT2D eigenvalue weighted by Gasteiger charge is -2.08. The van der Waals surface area contributed by atoms with Gasteiger partial charge in [0.05, 0.1) is 23.2 Å². The molecule has 2 aromatic rings. The van der Waals surface area contributed by atoms with Crippen molar-refractivity contribution in [3.63, 3.8) is 0 Å². The van der Waals surface area contributed by atoms with Gasteiger partial charge in [0.2, 0.25) is 5.89 Å². The van der Waals surface area contributed by atoms with E-state index in [4.69, 9.17) is 10.3 Å². The molecule has 0 aliphatic heterocycles. The Morgan fingerprint density at radius 3 is 2.88 bits per heavy atom. The quantitative estimate of drug-likeness (QED) is 0.837. The maximum absolute atomic E-state index is 9.31. The average Bonchev–Trinajstić information content (AvgIpc) is 2.87. The van der Waals surface area contributed by atoms with E-state index in [9.17, 15) is 5.11 Å². The minimum Gasteiger partial charge on any atom is -0.391 e. The number of aromatic nitrogens is 3. The molecule has 0 radical (unpaired) electrons. The summed E-state index contributed by atoms with van der Waals surface area (Å²) in [5.41, 5.74) is 6.60. The number of nitrogens with two attached hydrogens (primary N) is 1. The van der Waals surface area contributed by atoms with Gasteiger partial charge in [0.25, 0.3) is 0 Å². The topological polar surface area (TPSA) is 98.1 Å². The fraction of sp³-hybridized carbons (Fsp3) is 0.500. The maximum Gasteiger partial charge on any atom is 0.246 e. The van der Waals surface area contributed by atoms with Crippen molar-refractivity contribution in [3.8, 4) is 0 Å². The van der Waals surface area contributed by atoms with Gasteiger partial charge >= 0.3 is 0 Å². The highest BCUT2D eigenvalue weighted by Gasteiger charge is 2.19. The summed E-state index contributed by atoms with van der Waals surface area (Å²) < 4.78 is 5.00. The summed E-state index contributed by atoms with van der Waals surface area (Å²) in [5.74, 6) is 0.781. The van der Waals surface area contributed by atoms with Gasteiger partial charge in [-0.25, -0.2) is 4.98 Å². The van der Waals surface area contributed by atoms with Crippen molar-refractivity contribution in [1.82, 2.24) is 15.1 Å². The number of rotatable bonds is 4.